The minimum Gasteiger partial charge on any atom is -0.508 e. The Labute approximate surface area is 179 Å². The van der Waals surface area contributed by atoms with Crippen LogP contribution in [0.4, 0.5) is 0 Å². The third-order valence-electron chi connectivity index (χ3n) is 7.20. The lowest BCUT2D eigenvalue weighted by molar-refractivity contribution is -0.139. The van der Waals surface area contributed by atoms with Crippen LogP contribution in [0.1, 0.15) is 38.2 Å². The fourth-order valence-corrected chi connectivity index (χ4v) is 5.81. The molecular formula is C25H23NO5. The van der Waals surface area contributed by atoms with Crippen LogP contribution in [0.5, 0.6) is 5.75 Å². The summed E-state index contributed by atoms with van der Waals surface area (Å²) in [7, 11) is 0. The van der Waals surface area contributed by atoms with Gasteiger partial charge in [-0.1, -0.05) is 23.8 Å². The van der Waals surface area contributed by atoms with Gasteiger partial charge in [0.05, 0.1) is 11.8 Å². The van der Waals surface area contributed by atoms with E-state index < -0.39 is 17.8 Å². The average molecular weight is 417 g/mol. The summed E-state index contributed by atoms with van der Waals surface area (Å²) < 4.78 is 0. The molecule has 1 aromatic rings. The van der Waals surface area contributed by atoms with Crippen LogP contribution in [0.2, 0.25) is 0 Å². The monoisotopic (exact) mass is 417 g/mol. The number of hydrogen-bond acceptors (Lipinski definition) is 5. The molecule has 6 heteroatoms. The lowest BCUT2D eigenvalue weighted by Gasteiger charge is -2.42. The van der Waals surface area contributed by atoms with E-state index >= 15 is 0 Å². The number of carbonyl (C=O) groups is 4. The zero-order valence-electron chi connectivity index (χ0n) is 17.4. The first kappa shape index (κ1) is 19.7. The predicted molar refractivity (Wildman–Crippen MR) is 112 cm³/mol. The van der Waals surface area contributed by atoms with Gasteiger partial charge in [-0.05, 0) is 56.4 Å². The quantitative estimate of drug-likeness (QED) is 0.454. The molecule has 1 heterocycles. The molecule has 5 rings (SSSR count). The van der Waals surface area contributed by atoms with Gasteiger partial charge in [0.2, 0.25) is 11.8 Å². The molecule has 4 atom stereocenters. The Hall–Kier alpha value is -3.28. The summed E-state index contributed by atoms with van der Waals surface area (Å²) in [6.45, 7) is 3.76. The number of aromatic hydroxyl groups is 1. The number of allylic oxidation sites excluding steroid dienone is 6. The fraction of sp³-hybridized carbons (Fsp3) is 0.360. The van der Waals surface area contributed by atoms with Gasteiger partial charge in [-0.2, -0.15) is 0 Å². The third-order valence-corrected chi connectivity index (χ3v) is 7.20. The standard InChI is InChI=1S/C25H23NO5/c1-3-26-24(30)16-9-8-15-17(21(16)25(26)31)11-18-22(19(28)10-12(2)23(18)29)20(15)13-4-6-14(27)7-5-13/h4-8,10,16-17,20-21,27H,3,9,11H2,1-2H3. The normalized spacial score (nSPS) is 30.1. The molecule has 158 valence electrons. The zero-order valence-corrected chi connectivity index (χ0v) is 17.4. The van der Waals surface area contributed by atoms with E-state index in [4.69, 9.17) is 0 Å². The maximum atomic E-state index is 13.2. The van der Waals surface area contributed by atoms with Crippen molar-refractivity contribution in [3.8, 4) is 5.75 Å². The van der Waals surface area contributed by atoms with Crippen LogP contribution in [0, 0.1) is 17.8 Å². The second-order valence-corrected chi connectivity index (χ2v) is 8.74. The van der Waals surface area contributed by atoms with Crippen molar-refractivity contribution in [2.24, 2.45) is 17.8 Å². The van der Waals surface area contributed by atoms with Crippen molar-refractivity contribution < 1.29 is 24.3 Å². The third kappa shape index (κ3) is 2.70. The molecule has 4 unspecified atom stereocenters. The highest BCUT2D eigenvalue weighted by Gasteiger charge is 2.55. The Morgan fingerprint density at radius 3 is 2.42 bits per heavy atom. The van der Waals surface area contributed by atoms with Crippen LogP contribution in [0.15, 0.2) is 58.7 Å². The van der Waals surface area contributed by atoms with Gasteiger partial charge in [0.1, 0.15) is 5.75 Å². The van der Waals surface area contributed by atoms with Crippen molar-refractivity contribution in [1.82, 2.24) is 4.90 Å². The van der Waals surface area contributed by atoms with Crippen LogP contribution in [0.3, 0.4) is 0 Å². The molecule has 2 amide bonds. The second-order valence-electron chi connectivity index (χ2n) is 8.74. The summed E-state index contributed by atoms with van der Waals surface area (Å²) in [5, 5.41) is 9.75. The number of benzene rings is 1. The maximum absolute atomic E-state index is 13.2. The Kier molecular flexibility index (Phi) is 4.36. The SMILES string of the molecule is CCN1C(=O)C2CC=C3C(c4ccc(O)cc4)C4=C(CC3C2C1=O)C(=O)C(C)=CC4=O. The Morgan fingerprint density at radius 1 is 1.03 bits per heavy atom. The molecule has 0 radical (unpaired) electrons. The van der Waals surface area contributed by atoms with Crippen molar-refractivity contribution in [2.75, 3.05) is 6.54 Å². The van der Waals surface area contributed by atoms with Crippen LogP contribution in [0.25, 0.3) is 0 Å². The van der Waals surface area contributed by atoms with Gasteiger partial charge in [0.25, 0.3) is 0 Å². The Bertz CT molecular complexity index is 1140. The van der Waals surface area contributed by atoms with E-state index in [9.17, 15) is 24.3 Å². The second kappa shape index (κ2) is 6.87. The molecule has 4 aliphatic rings. The molecule has 1 saturated heterocycles. The van der Waals surface area contributed by atoms with E-state index in [-0.39, 0.29) is 35.0 Å². The fourth-order valence-electron chi connectivity index (χ4n) is 5.81. The number of imide groups is 1. The number of ketones is 2. The Balaban J connectivity index is 1.69. The first-order chi connectivity index (χ1) is 14.8. The number of phenols is 1. The van der Waals surface area contributed by atoms with Crippen molar-refractivity contribution >= 4 is 23.4 Å². The highest BCUT2D eigenvalue weighted by molar-refractivity contribution is 6.23. The molecule has 1 aliphatic heterocycles. The topological polar surface area (TPSA) is 91.8 Å². The number of phenolic OH excluding ortho intramolecular Hbond substituents is 1. The summed E-state index contributed by atoms with van der Waals surface area (Å²) in [5.74, 6) is -2.23. The van der Waals surface area contributed by atoms with E-state index in [2.05, 4.69) is 0 Å². The molecule has 6 nitrogen and oxygen atoms in total. The molecule has 1 fully saturated rings. The predicted octanol–water partition coefficient (Wildman–Crippen LogP) is 2.84. The van der Waals surface area contributed by atoms with Crippen molar-refractivity contribution in [3.63, 3.8) is 0 Å². The molecule has 1 aromatic carbocycles. The summed E-state index contributed by atoms with van der Waals surface area (Å²) in [4.78, 5) is 53.4. The van der Waals surface area contributed by atoms with Gasteiger partial charge in [-0.3, -0.25) is 24.1 Å². The number of nitrogens with zero attached hydrogens (tertiary/aromatic N) is 1. The number of amides is 2. The van der Waals surface area contributed by atoms with E-state index in [1.54, 1.807) is 38.1 Å². The largest absolute Gasteiger partial charge is 0.508 e. The number of hydrogen-bond donors (Lipinski definition) is 1. The minimum absolute atomic E-state index is 0.111. The van der Waals surface area contributed by atoms with Gasteiger partial charge >= 0.3 is 0 Å². The van der Waals surface area contributed by atoms with Gasteiger partial charge in [0.15, 0.2) is 11.6 Å². The first-order valence-electron chi connectivity index (χ1n) is 10.7. The van der Waals surface area contributed by atoms with Gasteiger partial charge in [-0.15, -0.1) is 0 Å². The average Bonchev–Trinajstić information content (AvgIpc) is 3.01. The molecule has 3 aliphatic carbocycles. The molecule has 0 aromatic heterocycles. The molecule has 31 heavy (non-hydrogen) atoms. The molecule has 0 bridgehead atoms. The van der Waals surface area contributed by atoms with E-state index in [1.807, 2.05) is 6.08 Å². The van der Waals surface area contributed by atoms with Crippen molar-refractivity contribution in [2.45, 2.75) is 32.6 Å². The zero-order chi connectivity index (χ0) is 22.0. The minimum atomic E-state index is -0.504. The Morgan fingerprint density at radius 2 is 1.74 bits per heavy atom. The summed E-state index contributed by atoms with van der Waals surface area (Å²) in [6.07, 6.45) is 4.14. The summed E-state index contributed by atoms with van der Waals surface area (Å²) in [5.41, 5.74) is 3.04. The van der Waals surface area contributed by atoms with E-state index in [0.29, 0.717) is 36.1 Å². The number of Topliss-reactive ketones (excluding diaryl/α,β-unsaturated/α-hetero) is 1. The number of carbonyl (C=O) groups excluding carboxylic acids is 4. The van der Waals surface area contributed by atoms with Crippen molar-refractivity contribution in [1.29, 1.82) is 0 Å². The smallest absolute Gasteiger partial charge is 0.233 e. The maximum Gasteiger partial charge on any atom is 0.233 e. The molecule has 0 saturated carbocycles. The highest BCUT2D eigenvalue weighted by Crippen LogP contribution is 2.55. The lowest BCUT2D eigenvalue weighted by Crippen LogP contribution is -2.39. The summed E-state index contributed by atoms with van der Waals surface area (Å²) >= 11 is 0. The van der Waals surface area contributed by atoms with Crippen LogP contribution in [-0.4, -0.2) is 39.9 Å². The number of likely N-dealkylation sites (tertiary alicyclic amines) is 1. The highest BCUT2D eigenvalue weighted by atomic mass is 16.3. The molecule has 0 spiro atoms. The van der Waals surface area contributed by atoms with Gasteiger partial charge in [0, 0.05) is 29.2 Å². The molecule has 1 N–H and O–H groups in total. The van der Waals surface area contributed by atoms with Gasteiger partial charge in [-0.25, -0.2) is 0 Å². The lowest BCUT2D eigenvalue weighted by atomic mass is 9.59. The van der Waals surface area contributed by atoms with E-state index in [1.165, 1.54) is 11.0 Å². The summed E-state index contributed by atoms with van der Waals surface area (Å²) in [6, 6.07) is 6.63. The van der Waals surface area contributed by atoms with Crippen molar-refractivity contribution in [3.05, 3.63) is 64.3 Å². The molecular weight excluding hydrogens is 394 g/mol. The van der Waals surface area contributed by atoms with Crippen LogP contribution >= 0.6 is 0 Å². The number of fused-ring (bicyclic) bond motifs is 3. The van der Waals surface area contributed by atoms with Crippen LogP contribution < -0.4 is 0 Å². The number of rotatable bonds is 2. The van der Waals surface area contributed by atoms with E-state index in [0.717, 1.165) is 11.1 Å². The first-order valence-corrected chi connectivity index (χ1v) is 10.7. The van der Waals surface area contributed by atoms with Crippen LogP contribution in [-0.2, 0) is 19.2 Å². The van der Waals surface area contributed by atoms with Gasteiger partial charge < -0.3 is 5.11 Å².